The average Bonchev–Trinajstić information content (AvgIpc) is 2.66. The number of pyridine rings is 1. The van der Waals surface area contributed by atoms with E-state index in [9.17, 15) is 4.79 Å². The topological polar surface area (TPSA) is 45.7 Å². The summed E-state index contributed by atoms with van der Waals surface area (Å²) in [5.41, 5.74) is 2.21. The first kappa shape index (κ1) is 17.5. The first-order valence-corrected chi connectivity index (χ1v) is 8.81. The molecule has 6 heteroatoms. The Kier molecular flexibility index (Phi) is 5.76. The number of carbonyl (C=O) groups is 1. The van der Waals surface area contributed by atoms with Crippen molar-refractivity contribution in [1.29, 1.82) is 0 Å². The number of amides is 1. The molecule has 0 unspecified atom stereocenters. The van der Waals surface area contributed by atoms with Gasteiger partial charge in [-0.2, -0.15) is 0 Å². The van der Waals surface area contributed by atoms with Crippen LogP contribution in [0.2, 0.25) is 5.15 Å². The molecule has 1 aliphatic rings. The quantitative estimate of drug-likeness (QED) is 0.770. The molecule has 25 heavy (non-hydrogen) atoms. The first-order valence-electron chi connectivity index (χ1n) is 8.43. The summed E-state index contributed by atoms with van der Waals surface area (Å²) in [6.07, 6.45) is 3.00. The number of methoxy groups -OCH3 is 1. The van der Waals surface area contributed by atoms with Crippen LogP contribution >= 0.6 is 11.6 Å². The summed E-state index contributed by atoms with van der Waals surface area (Å²) in [5, 5.41) is 0.496. The molecule has 0 bridgehead atoms. The van der Waals surface area contributed by atoms with Gasteiger partial charge in [0.2, 0.25) is 5.91 Å². The fourth-order valence-corrected chi connectivity index (χ4v) is 3.17. The van der Waals surface area contributed by atoms with Crippen molar-refractivity contribution in [3.8, 4) is 5.75 Å². The minimum absolute atomic E-state index is 0.211. The highest BCUT2D eigenvalue weighted by molar-refractivity contribution is 6.29. The SMILES string of the molecule is COc1ccc(CCC(=O)N2CCN(c3ccnc(Cl)c3)CC2)cc1. The maximum atomic E-state index is 12.4. The van der Waals surface area contributed by atoms with Crippen molar-refractivity contribution in [2.75, 3.05) is 38.2 Å². The molecule has 0 spiro atoms. The van der Waals surface area contributed by atoms with Gasteiger partial charge in [-0.3, -0.25) is 4.79 Å². The van der Waals surface area contributed by atoms with Crippen LogP contribution in [-0.4, -0.2) is 49.1 Å². The fraction of sp³-hybridized carbons (Fsp3) is 0.368. The van der Waals surface area contributed by atoms with E-state index in [0.717, 1.165) is 49.6 Å². The van der Waals surface area contributed by atoms with Crippen LogP contribution in [0.5, 0.6) is 5.75 Å². The average molecular weight is 360 g/mol. The summed E-state index contributed by atoms with van der Waals surface area (Å²) in [6, 6.07) is 11.7. The van der Waals surface area contributed by atoms with E-state index >= 15 is 0 Å². The lowest BCUT2D eigenvalue weighted by molar-refractivity contribution is -0.131. The van der Waals surface area contributed by atoms with E-state index in [1.807, 2.05) is 41.3 Å². The molecule has 0 aliphatic carbocycles. The van der Waals surface area contributed by atoms with Crippen LogP contribution in [0.1, 0.15) is 12.0 Å². The van der Waals surface area contributed by atoms with Gasteiger partial charge in [-0.1, -0.05) is 23.7 Å². The highest BCUT2D eigenvalue weighted by atomic mass is 35.5. The maximum Gasteiger partial charge on any atom is 0.223 e. The van der Waals surface area contributed by atoms with Crippen LogP contribution in [0.15, 0.2) is 42.6 Å². The van der Waals surface area contributed by atoms with Crippen LogP contribution in [0, 0.1) is 0 Å². The molecule has 0 saturated carbocycles. The molecule has 0 radical (unpaired) electrons. The highest BCUT2D eigenvalue weighted by Gasteiger charge is 2.21. The maximum absolute atomic E-state index is 12.4. The van der Waals surface area contributed by atoms with E-state index in [4.69, 9.17) is 16.3 Å². The van der Waals surface area contributed by atoms with Crippen molar-refractivity contribution >= 4 is 23.2 Å². The number of ether oxygens (including phenoxy) is 1. The molecule has 0 N–H and O–H groups in total. The third kappa shape index (κ3) is 4.63. The number of carbonyl (C=O) groups excluding carboxylic acids is 1. The second kappa shape index (κ2) is 8.21. The van der Waals surface area contributed by atoms with Crippen LogP contribution in [0.3, 0.4) is 0 Å². The Bertz CT molecular complexity index is 713. The largest absolute Gasteiger partial charge is 0.497 e. The fourth-order valence-electron chi connectivity index (χ4n) is 3.00. The molecule has 132 valence electrons. The Labute approximate surface area is 153 Å². The van der Waals surface area contributed by atoms with Crippen molar-refractivity contribution < 1.29 is 9.53 Å². The van der Waals surface area contributed by atoms with E-state index in [2.05, 4.69) is 9.88 Å². The Hall–Kier alpha value is -2.27. The number of halogens is 1. The second-order valence-corrected chi connectivity index (χ2v) is 6.44. The smallest absolute Gasteiger partial charge is 0.223 e. The summed E-state index contributed by atoms with van der Waals surface area (Å²) in [7, 11) is 1.65. The van der Waals surface area contributed by atoms with Gasteiger partial charge < -0.3 is 14.5 Å². The summed E-state index contributed by atoms with van der Waals surface area (Å²) >= 11 is 5.95. The monoisotopic (exact) mass is 359 g/mol. The number of hydrogen-bond acceptors (Lipinski definition) is 4. The van der Waals surface area contributed by atoms with Crippen LogP contribution < -0.4 is 9.64 Å². The predicted molar refractivity (Wildman–Crippen MR) is 99.4 cm³/mol. The number of nitrogens with zero attached hydrogens (tertiary/aromatic N) is 3. The minimum atomic E-state index is 0.211. The van der Waals surface area contributed by atoms with Gasteiger partial charge in [-0.25, -0.2) is 4.98 Å². The van der Waals surface area contributed by atoms with E-state index < -0.39 is 0 Å². The molecule has 1 amide bonds. The van der Waals surface area contributed by atoms with E-state index in [0.29, 0.717) is 11.6 Å². The molecule has 3 rings (SSSR count). The van der Waals surface area contributed by atoms with Gasteiger partial charge in [0.1, 0.15) is 10.9 Å². The lowest BCUT2D eigenvalue weighted by Crippen LogP contribution is -2.48. The number of aromatic nitrogens is 1. The lowest BCUT2D eigenvalue weighted by Gasteiger charge is -2.36. The molecule has 5 nitrogen and oxygen atoms in total. The molecule has 1 aliphatic heterocycles. The summed E-state index contributed by atoms with van der Waals surface area (Å²) < 4.78 is 5.15. The van der Waals surface area contributed by atoms with E-state index in [-0.39, 0.29) is 5.91 Å². The molecule has 1 aromatic heterocycles. The van der Waals surface area contributed by atoms with Gasteiger partial charge in [-0.05, 0) is 36.2 Å². The van der Waals surface area contributed by atoms with Crippen molar-refractivity contribution in [3.63, 3.8) is 0 Å². The van der Waals surface area contributed by atoms with Gasteiger partial charge in [-0.15, -0.1) is 0 Å². The number of benzene rings is 1. The Balaban J connectivity index is 1.48. The summed E-state index contributed by atoms with van der Waals surface area (Å²) in [4.78, 5) is 20.6. The predicted octanol–water partition coefficient (Wildman–Crippen LogP) is 3.03. The standard InChI is InChI=1S/C19H22ClN3O2/c1-25-17-5-2-15(3-6-17)4-7-19(24)23-12-10-22(11-13-23)16-8-9-21-18(20)14-16/h2-3,5-6,8-9,14H,4,7,10-13H2,1H3. The Morgan fingerprint density at radius 2 is 1.88 bits per heavy atom. The van der Waals surface area contributed by atoms with Gasteiger partial charge >= 0.3 is 0 Å². The van der Waals surface area contributed by atoms with Crippen LogP contribution in [-0.2, 0) is 11.2 Å². The molecular formula is C19H22ClN3O2. The third-order valence-corrected chi connectivity index (χ3v) is 4.70. The van der Waals surface area contributed by atoms with Crippen molar-refractivity contribution in [2.24, 2.45) is 0 Å². The zero-order valence-corrected chi connectivity index (χ0v) is 15.1. The number of piperazine rings is 1. The molecular weight excluding hydrogens is 338 g/mol. The molecule has 1 saturated heterocycles. The molecule has 1 aromatic carbocycles. The van der Waals surface area contributed by atoms with E-state index in [1.165, 1.54) is 0 Å². The van der Waals surface area contributed by atoms with Gasteiger partial charge in [0.05, 0.1) is 7.11 Å². The number of anilines is 1. The normalized spacial score (nSPS) is 14.5. The highest BCUT2D eigenvalue weighted by Crippen LogP contribution is 2.19. The number of aryl methyl sites for hydroxylation is 1. The van der Waals surface area contributed by atoms with Crippen molar-refractivity contribution in [3.05, 3.63) is 53.3 Å². The van der Waals surface area contributed by atoms with Gasteiger partial charge in [0, 0.05) is 44.5 Å². The van der Waals surface area contributed by atoms with Crippen LogP contribution in [0.25, 0.3) is 0 Å². The second-order valence-electron chi connectivity index (χ2n) is 6.05. The molecule has 0 atom stereocenters. The van der Waals surface area contributed by atoms with Gasteiger partial charge in [0.25, 0.3) is 0 Å². The Morgan fingerprint density at radius 3 is 2.52 bits per heavy atom. The van der Waals surface area contributed by atoms with Crippen molar-refractivity contribution in [1.82, 2.24) is 9.88 Å². The molecule has 1 fully saturated rings. The van der Waals surface area contributed by atoms with Crippen molar-refractivity contribution in [2.45, 2.75) is 12.8 Å². The van der Waals surface area contributed by atoms with Crippen LogP contribution in [0.4, 0.5) is 5.69 Å². The van der Waals surface area contributed by atoms with Gasteiger partial charge in [0.15, 0.2) is 0 Å². The number of rotatable bonds is 5. The zero-order valence-electron chi connectivity index (χ0n) is 14.3. The Morgan fingerprint density at radius 1 is 1.16 bits per heavy atom. The number of hydrogen-bond donors (Lipinski definition) is 0. The summed E-state index contributed by atoms with van der Waals surface area (Å²) in [6.45, 7) is 3.10. The lowest BCUT2D eigenvalue weighted by atomic mass is 10.1. The van der Waals surface area contributed by atoms with E-state index in [1.54, 1.807) is 13.3 Å². The summed E-state index contributed by atoms with van der Waals surface area (Å²) in [5.74, 6) is 1.05. The minimum Gasteiger partial charge on any atom is -0.497 e. The molecule has 2 heterocycles. The first-order chi connectivity index (χ1) is 12.2. The zero-order chi connectivity index (χ0) is 17.6. The molecule has 2 aromatic rings. The third-order valence-electron chi connectivity index (χ3n) is 4.49.